The number of carbonyl (C=O) groups is 1. The number of thiophene rings is 1. The Hall–Kier alpha value is -2.66. The number of rotatable bonds is 6. The number of pyridine rings is 1. The number of methoxy groups -OCH3 is 1. The van der Waals surface area contributed by atoms with Gasteiger partial charge >= 0.3 is 0 Å². The van der Waals surface area contributed by atoms with Crippen LogP contribution >= 0.6 is 11.3 Å². The SMILES string of the molecule is COc1ccccc1CC(=O)N(Cc1ccsc1)c1cccnc1. The van der Waals surface area contributed by atoms with Crippen LogP contribution in [0.25, 0.3) is 0 Å². The number of hydrogen-bond donors (Lipinski definition) is 0. The number of para-hydroxylation sites is 1. The molecule has 1 amide bonds. The molecule has 2 aromatic heterocycles. The van der Waals surface area contributed by atoms with Gasteiger partial charge in [-0.2, -0.15) is 11.3 Å². The Morgan fingerprint density at radius 3 is 2.79 bits per heavy atom. The molecule has 0 aliphatic carbocycles. The van der Waals surface area contributed by atoms with Crippen molar-refractivity contribution in [2.75, 3.05) is 12.0 Å². The molecule has 3 aromatic rings. The Labute approximate surface area is 145 Å². The number of anilines is 1. The molecule has 0 unspecified atom stereocenters. The van der Waals surface area contributed by atoms with Crippen LogP contribution < -0.4 is 9.64 Å². The van der Waals surface area contributed by atoms with Crippen molar-refractivity contribution in [3.05, 3.63) is 76.7 Å². The third-order valence-electron chi connectivity index (χ3n) is 3.71. The van der Waals surface area contributed by atoms with Gasteiger partial charge in [0.15, 0.2) is 0 Å². The third-order valence-corrected chi connectivity index (χ3v) is 4.45. The number of aromatic nitrogens is 1. The summed E-state index contributed by atoms with van der Waals surface area (Å²) in [6.07, 6.45) is 3.70. The number of amides is 1. The van der Waals surface area contributed by atoms with E-state index in [9.17, 15) is 4.79 Å². The molecule has 0 saturated heterocycles. The lowest BCUT2D eigenvalue weighted by molar-refractivity contribution is -0.118. The third kappa shape index (κ3) is 3.81. The number of benzene rings is 1. The maximum Gasteiger partial charge on any atom is 0.231 e. The minimum absolute atomic E-state index is 0.0127. The van der Waals surface area contributed by atoms with Gasteiger partial charge in [-0.05, 0) is 40.6 Å². The lowest BCUT2D eigenvalue weighted by Gasteiger charge is -2.22. The molecule has 0 bridgehead atoms. The number of ether oxygens (including phenoxy) is 1. The van der Waals surface area contributed by atoms with Crippen LogP contribution in [0, 0.1) is 0 Å². The zero-order valence-electron chi connectivity index (χ0n) is 13.4. The molecule has 2 heterocycles. The largest absolute Gasteiger partial charge is 0.496 e. The van der Waals surface area contributed by atoms with E-state index in [0.29, 0.717) is 6.54 Å². The lowest BCUT2D eigenvalue weighted by atomic mass is 10.1. The minimum atomic E-state index is 0.0127. The first-order valence-electron chi connectivity index (χ1n) is 7.61. The highest BCUT2D eigenvalue weighted by Gasteiger charge is 2.18. The first-order chi connectivity index (χ1) is 11.8. The highest BCUT2D eigenvalue weighted by Crippen LogP contribution is 2.22. The van der Waals surface area contributed by atoms with Crippen LogP contribution in [-0.2, 0) is 17.8 Å². The van der Waals surface area contributed by atoms with Crippen LogP contribution in [-0.4, -0.2) is 18.0 Å². The maximum absolute atomic E-state index is 13.0. The average molecular weight is 338 g/mol. The van der Waals surface area contributed by atoms with Gasteiger partial charge in [0.05, 0.1) is 32.0 Å². The Balaban J connectivity index is 1.86. The second kappa shape index (κ2) is 7.75. The summed E-state index contributed by atoms with van der Waals surface area (Å²) in [4.78, 5) is 18.9. The molecule has 0 fully saturated rings. The lowest BCUT2D eigenvalue weighted by Crippen LogP contribution is -2.31. The number of carbonyl (C=O) groups excluding carboxylic acids is 1. The fourth-order valence-corrected chi connectivity index (χ4v) is 3.17. The highest BCUT2D eigenvalue weighted by atomic mass is 32.1. The zero-order chi connectivity index (χ0) is 16.8. The van der Waals surface area contributed by atoms with Crippen molar-refractivity contribution in [1.29, 1.82) is 0 Å². The summed E-state index contributed by atoms with van der Waals surface area (Å²) in [5.74, 6) is 0.742. The molecule has 5 heteroatoms. The molecule has 24 heavy (non-hydrogen) atoms. The maximum atomic E-state index is 13.0. The summed E-state index contributed by atoms with van der Waals surface area (Å²) < 4.78 is 5.36. The van der Waals surface area contributed by atoms with Gasteiger partial charge < -0.3 is 9.64 Å². The summed E-state index contributed by atoms with van der Waals surface area (Å²) in [6.45, 7) is 0.531. The smallest absolute Gasteiger partial charge is 0.231 e. The molecule has 0 spiro atoms. The van der Waals surface area contributed by atoms with Gasteiger partial charge in [-0.25, -0.2) is 0 Å². The van der Waals surface area contributed by atoms with Crippen molar-refractivity contribution >= 4 is 22.9 Å². The predicted molar refractivity (Wildman–Crippen MR) is 96.4 cm³/mol. The van der Waals surface area contributed by atoms with Gasteiger partial charge in [-0.1, -0.05) is 18.2 Å². The van der Waals surface area contributed by atoms with E-state index in [0.717, 1.165) is 22.6 Å². The summed E-state index contributed by atoms with van der Waals surface area (Å²) in [5.41, 5.74) is 2.78. The Kier molecular flexibility index (Phi) is 5.23. The summed E-state index contributed by atoms with van der Waals surface area (Å²) in [5, 5.41) is 4.07. The van der Waals surface area contributed by atoms with E-state index in [2.05, 4.69) is 10.4 Å². The van der Waals surface area contributed by atoms with Crippen molar-refractivity contribution < 1.29 is 9.53 Å². The molecule has 0 atom stereocenters. The van der Waals surface area contributed by atoms with E-state index < -0.39 is 0 Å². The van der Waals surface area contributed by atoms with E-state index >= 15 is 0 Å². The molecule has 0 N–H and O–H groups in total. The normalized spacial score (nSPS) is 10.4. The molecule has 0 aliphatic rings. The molecule has 3 rings (SSSR count). The molecule has 1 aromatic carbocycles. The van der Waals surface area contributed by atoms with E-state index in [-0.39, 0.29) is 12.3 Å². The fraction of sp³-hybridized carbons (Fsp3) is 0.158. The van der Waals surface area contributed by atoms with Crippen LogP contribution in [0.1, 0.15) is 11.1 Å². The Morgan fingerprint density at radius 2 is 2.08 bits per heavy atom. The van der Waals surface area contributed by atoms with Gasteiger partial charge in [0.2, 0.25) is 5.91 Å². The Bertz CT molecular complexity index is 788. The topological polar surface area (TPSA) is 42.4 Å². The zero-order valence-corrected chi connectivity index (χ0v) is 14.2. The fourth-order valence-electron chi connectivity index (χ4n) is 2.51. The average Bonchev–Trinajstić information content (AvgIpc) is 3.14. The molecule has 0 radical (unpaired) electrons. The highest BCUT2D eigenvalue weighted by molar-refractivity contribution is 7.07. The van der Waals surface area contributed by atoms with Crippen molar-refractivity contribution in [3.63, 3.8) is 0 Å². The molecule has 4 nitrogen and oxygen atoms in total. The van der Waals surface area contributed by atoms with Crippen LogP contribution in [0.4, 0.5) is 5.69 Å². The second-order valence-corrected chi connectivity index (χ2v) is 6.09. The first kappa shape index (κ1) is 16.2. The summed E-state index contributed by atoms with van der Waals surface area (Å²) in [7, 11) is 1.62. The van der Waals surface area contributed by atoms with Gasteiger partial charge in [0, 0.05) is 11.8 Å². The van der Waals surface area contributed by atoms with Crippen LogP contribution in [0.5, 0.6) is 5.75 Å². The van der Waals surface area contributed by atoms with Crippen molar-refractivity contribution in [3.8, 4) is 5.75 Å². The Morgan fingerprint density at radius 1 is 1.21 bits per heavy atom. The summed E-state index contributed by atoms with van der Waals surface area (Å²) >= 11 is 1.62. The molecule has 0 saturated carbocycles. The van der Waals surface area contributed by atoms with E-state index in [4.69, 9.17) is 4.74 Å². The monoisotopic (exact) mass is 338 g/mol. The molecule has 122 valence electrons. The second-order valence-electron chi connectivity index (χ2n) is 5.31. The molecular weight excluding hydrogens is 320 g/mol. The van der Waals surface area contributed by atoms with Crippen molar-refractivity contribution in [2.45, 2.75) is 13.0 Å². The summed E-state index contributed by atoms with van der Waals surface area (Å²) in [6, 6.07) is 13.4. The number of hydrogen-bond acceptors (Lipinski definition) is 4. The van der Waals surface area contributed by atoms with E-state index in [1.165, 1.54) is 0 Å². The van der Waals surface area contributed by atoms with E-state index in [1.54, 1.807) is 35.7 Å². The van der Waals surface area contributed by atoms with Gasteiger partial charge in [0.25, 0.3) is 0 Å². The van der Waals surface area contributed by atoms with Crippen LogP contribution in [0.2, 0.25) is 0 Å². The minimum Gasteiger partial charge on any atom is -0.496 e. The van der Waals surface area contributed by atoms with Gasteiger partial charge in [-0.3, -0.25) is 9.78 Å². The standard InChI is InChI=1S/C19H18N2O2S/c1-23-18-7-3-2-5-16(18)11-19(22)21(13-15-8-10-24-14-15)17-6-4-9-20-12-17/h2-10,12,14H,11,13H2,1H3. The molecular formula is C19H18N2O2S. The molecule has 0 aliphatic heterocycles. The predicted octanol–water partition coefficient (Wildman–Crippen LogP) is 3.93. The van der Waals surface area contributed by atoms with E-state index in [1.807, 2.05) is 47.8 Å². The first-order valence-corrected chi connectivity index (χ1v) is 8.55. The van der Waals surface area contributed by atoms with Gasteiger partial charge in [-0.15, -0.1) is 0 Å². The van der Waals surface area contributed by atoms with Crippen LogP contribution in [0.15, 0.2) is 65.6 Å². The van der Waals surface area contributed by atoms with Crippen molar-refractivity contribution in [2.24, 2.45) is 0 Å². The van der Waals surface area contributed by atoms with Crippen LogP contribution in [0.3, 0.4) is 0 Å². The van der Waals surface area contributed by atoms with Crippen molar-refractivity contribution in [1.82, 2.24) is 4.98 Å². The quantitative estimate of drug-likeness (QED) is 0.684. The number of nitrogens with zero attached hydrogens (tertiary/aromatic N) is 2. The van der Waals surface area contributed by atoms with Gasteiger partial charge in [0.1, 0.15) is 5.75 Å².